The molecule has 1 heterocycles. The van der Waals surface area contributed by atoms with Crippen LogP contribution in [0.2, 0.25) is 5.02 Å². The molecule has 2 rings (SSSR count). The second-order valence-electron chi connectivity index (χ2n) is 6.19. The molecule has 0 aliphatic rings. The van der Waals surface area contributed by atoms with Crippen molar-refractivity contribution in [3.63, 3.8) is 0 Å². The molecule has 1 N–H and O–H groups in total. The van der Waals surface area contributed by atoms with Crippen molar-refractivity contribution in [2.45, 2.75) is 41.2 Å². The van der Waals surface area contributed by atoms with Crippen molar-refractivity contribution < 1.29 is 0 Å². The highest BCUT2D eigenvalue weighted by molar-refractivity contribution is 6.30. The molecule has 21 heavy (non-hydrogen) atoms. The maximum atomic E-state index is 6.17. The molecule has 0 spiro atoms. The summed E-state index contributed by atoms with van der Waals surface area (Å²) < 4.78 is 2.30. The van der Waals surface area contributed by atoms with Gasteiger partial charge < -0.3 is 9.88 Å². The molecule has 0 fully saturated rings. The smallest absolute Gasteiger partial charge is 0.0499 e. The summed E-state index contributed by atoms with van der Waals surface area (Å²) in [5.74, 6) is 0.670. The summed E-state index contributed by atoms with van der Waals surface area (Å²) in [6, 6.07) is 8.33. The van der Waals surface area contributed by atoms with E-state index in [9.17, 15) is 0 Å². The quantitative estimate of drug-likeness (QED) is 0.839. The van der Waals surface area contributed by atoms with Gasteiger partial charge in [0.05, 0.1) is 0 Å². The lowest BCUT2D eigenvalue weighted by atomic mass is 10.2. The normalized spacial score (nSPS) is 11.4. The molecule has 0 unspecified atom stereocenters. The van der Waals surface area contributed by atoms with E-state index < -0.39 is 0 Å². The fourth-order valence-electron chi connectivity index (χ4n) is 2.70. The first-order valence-electron chi connectivity index (χ1n) is 7.55. The van der Waals surface area contributed by atoms with Crippen LogP contribution in [-0.2, 0) is 6.54 Å². The highest BCUT2D eigenvalue weighted by atomic mass is 35.5. The van der Waals surface area contributed by atoms with E-state index in [1.54, 1.807) is 0 Å². The van der Waals surface area contributed by atoms with Crippen molar-refractivity contribution in [2.24, 2.45) is 5.92 Å². The molecule has 0 saturated heterocycles. The zero-order valence-corrected chi connectivity index (χ0v) is 14.4. The molecule has 0 radical (unpaired) electrons. The van der Waals surface area contributed by atoms with Crippen molar-refractivity contribution in [1.29, 1.82) is 0 Å². The number of halogens is 1. The molecule has 1 aromatic carbocycles. The number of nitrogens with zero attached hydrogens (tertiary/aromatic N) is 1. The molecule has 0 aliphatic heterocycles. The first-order valence-corrected chi connectivity index (χ1v) is 7.93. The minimum absolute atomic E-state index is 0.670. The largest absolute Gasteiger partial charge is 0.318 e. The van der Waals surface area contributed by atoms with E-state index in [1.165, 1.54) is 28.2 Å². The fraction of sp³-hybridized carbons (Fsp3) is 0.444. The van der Waals surface area contributed by atoms with Gasteiger partial charge in [-0.2, -0.15) is 0 Å². The van der Waals surface area contributed by atoms with E-state index in [-0.39, 0.29) is 0 Å². The molecule has 3 heteroatoms. The molecule has 0 amide bonds. The van der Waals surface area contributed by atoms with E-state index in [0.29, 0.717) is 5.92 Å². The van der Waals surface area contributed by atoms with E-state index in [2.05, 4.69) is 56.6 Å². The van der Waals surface area contributed by atoms with E-state index >= 15 is 0 Å². The van der Waals surface area contributed by atoms with E-state index in [1.807, 2.05) is 12.1 Å². The van der Waals surface area contributed by atoms with E-state index in [0.717, 1.165) is 18.1 Å². The summed E-state index contributed by atoms with van der Waals surface area (Å²) in [5, 5.41) is 4.30. The number of benzene rings is 1. The van der Waals surface area contributed by atoms with Gasteiger partial charge in [-0.3, -0.25) is 0 Å². The number of nitrogens with one attached hydrogen (secondary N) is 1. The van der Waals surface area contributed by atoms with Gasteiger partial charge in [-0.05, 0) is 62.6 Å². The Kier molecular flexibility index (Phi) is 5.13. The highest BCUT2D eigenvalue weighted by Gasteiger charge is 2.12. The van der Waals surface area contributed by atoms with Gasteiger partial charge in [-0.15, -0.1) is 0 Å². The summed E-state index contributed by atoms with van der Waals surface area (Å²) in [4.78, 5) is 0. The second-order valence-corrected chi connectivity index (χ2v) is 6.62. The van der Waals surface area contributed by atoms with Crippen LogP contribution in [0.25, 0.3) is 5.69 Å². The van der Waals surface area contributed by atoms with Crippen LogP contribution in [0.15, 0.2) is 24.3 Å². The third-order valence-corrected chi connectivity index (χ3v) is 4.05. The Labute approximate surface area is 133 Å². The molecule has 0 atom stereocenters. The van der Waals surface area contributed by atoms with Gasteiger partial charge in [-0.1, -0.05) is 31.5 Å². The zero-order chi connectivity index (χ0) is 15.6. The second kappa shape index (κ2) is 6.67. The van der Waals surface area contributed by atoms with Crippen LogP contribution in [0, 0.1) is 26.7 Å². The van der Waals surface area contributed by atoms with Gasteiger partial charge in [0.15, 0.2) is 0 Å². The Morgan fingerprint density at radius 2 is 1.86 bits per heavy atom. The molecular weight excluding hydrogens is 280 g/mol. The number of aromatic nitrogens is 1. The molecule has 0 saturated carbocycles. The van der Waals surface area contributed by atoms with E-state index in [4.69, 9.17) is 11.6 Å². The summed E-state index contributed by atoms with van der Waals surface area (Å²) >= 11 is 6.17. The predicted octanol–water partition coefficient (Wildman–Crippen LogP) is 4.80. The van der Waals surface area contributed by atoms with Crippen LogP contribution in [0.3, 0.4) is 0 Å². The Morgan fingerprint density at radius 1 is 1.14 bits per heavy atom. The molecule has 2 nitrogen and oxygen atoms in total. The SMILES string of the molecule is Cc1ccc(Cl)cc1-n1c(C)cc(CNCC(C)C)c1C. The molecular formula is C18H25ClN2. The molecule has 1 aromatic heterocycles. The average Bonchev–Trinajstić information content (AvgIpc) is 2.67. The number of hydrogen-bond acceptors (Lipinski definition) is 1. The highest BCUT2D eigenvalue weighted by Crippen LogP contribution is 2.25. The van der Waals surface area contributed by atoms with Crippen LogP contribution in [0.1, 0.15) is 36.4 Å². The Balaban J connectivity index is 2.33. The van der Waals surface area contributed by atoms with Crippen LogP contribution in [0.4, 0.5) is 0 Å². The lowest BCUT2D eigenvalue weighted by Gasteiger charge is -2.14. The number of aryl methyl sites for hydroxylation is 2. The van der Waals surface area contributed by atoms with Gasteiger partial charge in [0.2, 0.25) is 0 Å². The summed E-state index contributed by atoms with van der Waals surface area (Å²) in [7, 11) is 0. The van der Waals surface area contributed by atoms with Gasteiger partial charge in [0, 0.05) is 28.6 Å². The Morgan fingerprint density at radius 3 is 2.52 bits per heavy atom. The lowest BCUT2D eigenvalue weighted by Crippen LogP contribution is -2.19. The predicted molar refractivity (Wildman–Crippen MR) is 91.5 cm³/mol. The Hall–Kier alpha value is -1.25. The third kappa shape index (κ3) is 3.69. The average molecular weight is 305 g/mol. The zero-order valence-electron chi connectivity index (χ0n) is 13.6. The van der Waals surface area contributed by atoms with Gasteiger partial charge in [-0.25, -0.2) is 0 Å². The third-order valence-electron chi connectivity index (χ3n) is 3.82. The van der Waals surface area contributed by atoms with Gasteiger partial charge in [0.1, 0.15) is 0 Å². The molecule has 0 aliphatic carbocycles. The van der Waals surface area contributed by atoms with Crippen molar-refractivity contribution in [3.8, 4) is 5.69 Å². The monoisotopic (exact) mass is 304 g/mol. The van der Waals surface area contributed by atoms with Crippen LogP contribution >= 0.6 is 11.6 Å². The van der Waals surface area contributed by atoms with Crippen LogP contribution < -0.4 is 5.32 Å². The topological polar surface area (TPSA) is 17.0 Å². The van der Waals surface area contributed by atoms with Gasteiger partial charge in [0.25, 0.3) is 0 Å². The lowest BCUT2D eigenvalue weighted by molar-refractivity contribution is 0.551. The van der Waals surface area contributed by atoms with Crippen LogP contribution in [0.5, 0.6) is 0 Å². The van der Waals surface area contributed by atoms with Crippen LogP contribution in [-0.4, -0.2) is 11.1 Å². The van der Waals surface area contributed by atoms with Crippen molar-refractivity contribution >= 4 is 11.6 Å². The summed E-state index contributed by atoms with van der Waals surface area (Å²) in [5.41, 5.74) is 6.30. The van der Waals surface area contributed by atoms with Crippen molar-refractivity contribution in [2.75, 3.05) is 6.54 Å². The minimum Gasteiger partial charge on any atom is -0.318 e. The summed E-state index contributed by atoms with van der Waals surface area (Å²) in [6.45, 7) is 12.9. The first-order chi connectivity index (χ1) is 9.90. The van der Waals surface area contributed by atoms with Gasteiger partial charge >= 0.3 is 0 Å². The standard InChI is InChI=1S/C18H25ClN2/c1-12(2)10-20-11-16-8-14(4)21(15(16)5)18-9-17(19)7-6-13(18)3/h6-9,12,20H,10-11H2,1-5H3. The Bertz CT molecular complexity index is 626. The molecule has 114 valence electrons. The fourth-order valence-corrected chi connectivity index (χ4v) is 2.86. The maximum absolute atomic E-state index is 6.17. The molecule has 2 aromatic rings. The number of rotatable bonds is 5. The molecule has 0 bridgehead atoms. The summed E-state index contributed by atoms with van der Waals surface area (Å²) in [6.07, 6.45) is 0. The maximum Gasteiger partial charge on any atom is 0.0499 e. The van der Waals surface area contributed by atoms with Crippen molar-refractivity contribution in [3.05, 3.63) is 51.8 Å². The first kappa shape index (κ1) is 16.1. The number of hydrogen-bond donors (Lipinski definition) is 1. The van der Waals surface area contributed by atoms with Crippen molar-refractivity contribution in [1.82, 2.24) is 9.88 Å². The minimum atomic E-state index is 0.670.